The lowest BCUT2D eigenvalue weighted by Gasteiger charge is -2.08. The van der Waals surface area contributed by atoms with E-state index in [0.29, 0.717) is 0 Å². The first-order valence-electron chi connectivity index (χ1n) is 5.17. The molecule has 2 aromatic rings. The number of nitrogens with one attached hydrogen (secondary N) is 2. The summed E-state index contributed by atoms with van der Waals surface area (Å²) in [5.41, 5.74) is 6.62. The van der Waals surface area contributed by atoms with E-state index in [9.17, 15) is 9.70 Å². The van der Waals surface area contributed by atoms with Crippen LogP contribution in [0, 0.1) is 11.8 Å². The lowest BCUT2D eigenvalue weighted by molar-refractivity contribution is 1.13. The van der Waals surface area contributed by atoms with Crippen LogP contribution in [0.5, 0.6) is 0 Å². The number of anilines is 3. The lowest BCUT2D eigenvalue weighted by atomic mass is 10.2. The standard InChI is InChI=1S/C11H11N5O2/c1-6-4-2-3-5-7(6)13-10-11(17)15-9(16-18)8(12)14-10/h2-5H,1H3,(H,15,17)(H3,12,13,14). The molecule has 0 saturated heterocycles. The Balaban J connectivity index is 2.42. The first-order chi connectivity index (χ1) is 8.61. The Morgan fingerprint density at radius 2 is 2.11 bits per heavy atom. The first kappa shape index (κ1) is 11.8. The van der Waals surface area contributed by atoms with Crippen LogP contribution in [0.15, 0.2) is 34.2 Å². The van der Waals surface area contributed by atoms with Crippen molar-refractivity contribution in [1.29, 1.82) is 0 Å². The molecule has 0 aliphatic heterocycles. The number of rotatable bonds is 3. The van der Waals surface area contributed by atoms with Gasteiger partial charge >= 0.3 is 0 Å². The average Bonchev–Trinajstić information content (AvgIpc) is 2.36. The van der Waals surface area contributed by atoms with Gasteiger partial charge in [0.25, 0.3) is 5.56 Å². The fraction of sp³-hybridized carbons (Fsp3) is 0.0909. The minimum atomic E-state index is -0.554. The van der Waals surface area contributed by atoms with Gasteiger partial charge in [-0.25, -0.2) is 4.98 Å². The number of para-hydroxylation sites is 1. The molecule has 0 aliphatic rings. The molecule has 18 heavy (non-hydrogen) atoms. The van der Waals surface area contributed by atoms with E-state index in [1.165, 1.54) is 0 Å². The van der Waals surface area contributed by atoms with Crippen LogP contribution in [-0.4, -0.2) is 9.97 Å². The number of aromatic nitrogens is 2. The Morgan fingerprint density at radius 1 is 1.39 bits per heavy atom. The predicted octanol–water partition coefficient (Wildman–Crippen LogP) is 1.80. The molecular formula is C11H11N5O2. The quantitative estimate of drug-likeness (QED) is 0.713. The molecule has 0 spiro atoms. The van der Waals surface area contributed by atoms with Gasteiger partial charge in [-0.3, -0.25) is 9.78 Å². The lowest BCUT2D eigenvalue weighted by Crippen LogP contribution is -2.15. The summed E-state index contributed by atoms with van der Waals surface area (Å²) in [6, 6.07) is 7.40. The predicted molar refractivity (Wildman–Crippen MR) is 69.2 cm³/mol. The fourth-order valence-corrected chi connectivity index (χ4v) is 1.45. The SMILES string of the molecule is Cc1ccccc1Nc1nc(N)c(N=O)[nH]c1=O. The van der Waals surface area contributed by atoms with Crippen molar-refractivity contribution in [1.82, 2.24) is 9.97 Å². The smallest absolute Gasteiger partial charge is 0.292 e. The highest BCUT2D eigenvalue weighted by atomic mass is 16.3. The molecule has 92 valence electrons. The molecule has 0 bridgehead atoms. The molecule has 1 aromatic heterocycles. The molecule has 0 atom stereocenters. The Morgan fingerprint density at radius 3 is 2.78 bits per heavy atom. The number of nitroso groups, excluding NO2 is 1. The molecule has 0 unspecified atom stereocenters. The summed E-state index contributed by atoms with van der Waals surface area (Å²) in [4.78, 5) is 28.0. The van der Waals surface area contributed by atoms with Crippen LogP contribution in [-0.2, 0) is 0 Å². The number of aromatic amines is 1. The maximum Gasteiger partial charge on any atom is 0.292 e. The third kappa shape index (κ3) is 2.19. The zero-order chi connectivity index (χ0) is 13.1. The van der Waals surface area contributed by atoms with Crippen molar-refractivity contribution in [2.24, 2.45) is 5.18 Å². The van der Waals surface area contributed by atoms with Gasteiger partial charge in [-0.2, -0.15) is 0 Å². The molecular weight excluding hydrogens is 234 g/mol. The van der Waals surface area contributed by atoms with Crippen molar-refractivity contribution in [2.75, 3.05) is 11.1 Å². The number of nitrogens with two attached hydrogens (primary N) is 1. The molecule has 2 rings (SSSR count). The van der Waals surface area contributed by atoms with E-state index in [4.69, 9.17) is 5.73 Å². The Labute approximate surface area is 102 Å². The van der Waals surface area contributed by atoms with E-state index >= 15 is 0 Å². The molecule has 7 nitrogen and oxygen atoms in total. The van der Waals surface area contributed by atoms with Crippen LogP contribution in [0.3, 0.4) is 0 Å². The van der Waals surface area contributed by atoms with Gasteiger partial charge in [-0.15, -0.1) is 4.91 Å². The van der Waals surface area contributed by atoms with Crippen molar-refractivity contribution in [2.45, 2.75) is 6.92 Å². The molecule has 1 aromatic carbocycles. The second-order valence-electron chi connectivity index (χ2n) is 3.68. The van der Waals surface area contributed by atoms with Gasteiger partial charge < -0.3 is 11.1 Å². The summed E-state index contributed by atoms with van der Waals surface area (Å²) in [6.07, 6.45) is 0. The van der Waals surface area contributed by atoms with Gasteiger partial charge in [0, 0.05) is 5.69 Å². The maximum atomic E-state index is 11.6. The van der Waals surface area contributed by atoms with Gasteiger partial charge in [0.15, 0.2) is 11.6 Å². The molecule has 0 radical (unpaired) electrons. The minimum absolute atomic E-state index is 0.0224. The van der Waals surface area contributed by atoms with E-state index in [0.717, 1.165) is 11.3 Å². The summed E-state index contributed by atoms with van der Waals surface area (Å²) >= 11 is 0. The number of hydrogen-bond donors (Lipinski definition) is 3. The summed E-state index contributed by atoms with van der Waals surface area (Å²) in [6.45, 7) is 1.89. The van der Waals surface area contributed by atoms with Crippen molar-refractivity contribution >= 4 is 23.1 Å². The van der Waals surface area contributed by atoms with E-state index in [2.05, 4.69) is 20.5 Å². The van der Waals surface area contributed by atoms with Gasteiger partial charge in [0.1, 0.15) is 0 Å². The van der Waals surface area contributed by atoms with Gasteiger partial charge in [0.05, 0.1) is 0 Å². The number of nitrogens with zero attached hydrogens (tertiary/aromatic N) is 2. The Bertz CT molecular complexity index is 650. The van der Waals surface area contributed by atoms with Gasteiger partial charge in [0.2, 0.25) is 5.82 Å². The Hall–Kier alpha value is -2.70. The van der Waals surface area contributed by atoms with Crippen molar-refractivity contribution in [3.05, 3.63) is 45.1 Å². The largest absolute Gasteiger partial charge is 0.380 e. The molecule has 0 amide bonds. The van der Waals surface area contributed by atoms with Crippen molar-refractivity contribution in [3.8, 4) is 0 Å². The molecule has 0 saturated carbocycles. The molecule has 1 heterocycles. The topological polar surface area (TPSA) is 113 Å². The van der Waals surface area contributed by atoms with Gasteiger partial charge in [-0.05, 0) is 23.7 Å². The summed E-state index contributed by atoms with van der Waals surface area (Å²) in [5.74, 6) is -0.370. The van der Waals surface area contributed by atoms with Crippen LogP contribution >= 0.6 is 0 Å². The number of hydrogen-bond acceptors (Lipinski definition) is 6. The summed E-state index contributed by atoms with van der Waals surface area (Å²) < 4.78 is 0. The number of benzene rings is 1. The van der Waals surface area contributed by atoms with Crippen LogP contribution in [0.1, 0.15) is 5.56 Å². The number of aryl methyl sites for hydroxylation is 1. The van der Waals surface area contributed by atoms with E-state index in [-0.39, 0.29) is 17.5 Å². The van der Waals surface area contributed by atoms with Crippen LogP contribution < -0.4 is 16.6 Å². The fourth-order valence-electron chi connectivity index (χ4n) is 1.45. The van der Waals surface area contributed by atoms with Crippen molar-refractivity contribution in [3.63, 3.8) is 0 Å². The molecule has 0 aliphatic carbocycles. The maximum absolute atomic E-state index is 11.6. The van der Waals surface area contributed by atoms with Crippen LogP contribution in [0.4, 0.5) is 23.1 Å². The molecule has 4 N–H and O–H groups in total. The normalized spacial score (nSPS) is 10.1. The second-order valence-corrected chi connectivity index (χ2v) is 3.68. The average molecular weight is 245 g/mol. The highest BCUT2D eigenvalue weighted by Gasteiger charge is 2.09. The zero-order valence-corrected chi connectivity index (χ0v) is 9.60. The van der Waals surface area contributed by atoms with Crippen LogP contribution in [0.25, 0.3) is 0 Å². The summed E-state index contributed by atoms with van der Waals surface area (Å²) in [5, 5.41) is 5.43. The molecule has 0 fully saturated rings. The van der Waals surface area contributed by atoms with Crippen molar-refractivity contribution < 1.29 is 0 Å². The third-order valence-corrected chi connectivity index (χ3v) is 2.41. The van der Waals surface area contributed by atoms with E-state index in [1.54, 1.807) is 6.07 Å². The second kappa shape index (κ2) is 4.66. The third-order valence-electron chi connectivity index (χ3n) is 2.41. The summed E-state index contributed by atoms with van der Waals surface area (Å²) in [7, 11) is 0. The van der Waals surface area contributed by atoms with Crippen LogP contribution in [0.2, 0.25) is 0 Å². The highest BCUT2D eigenvalue weighted by Crippen LogP contribution is 2.19. The zero-order valence-electron chi connectivity index (χ0n) is 9.60. The number of nitrogen functional groups attached to an aromatic ring is 1. The van der Waals surface area contributed by atoms with E-state index < -0.39 is 5.56 Å². The Kier molecular flexibility index (Phi) is 3.05. The minimum Gasteiger partial charge on any atom is -0.380 e. The molecule has 7 heteroatoms. The van der Waals surface area contributed by atoms with Gasteiger partial charge in [-0.1, -0.05) is 18.2 Å². The first-order valence-corrected chi connectivity index (χ1v) is 5.17. The van der Waals surface area contributed by atoms with E-state index in [1.807, 2.05) is 25.1 Å². The number of H-pyrrole nitrogens is 1. The highest BCUT2D eigenvalue weighted by molar-refractivity contribution is 5.63. The monoisotopic (exact) mass is 245 g/mol.